The number of benzene rings is 1. The van der Waals surface area contributed by atoms with Gasteiger partial charge in [0.15, 0.2) is 5.78 Å². The number of likely N-dealkylation sites (N-methyl/N-ethyl adjacent to an activating group) is 1. The maximum Gasteiger partial charge on any atom is 0.435 e. The number of ketones is 1. The number of hydrogen-bond donors (Lipinski definition) is 0. The van der Waals surface area contributed by atoms with Crippen LogP contribution in [-0.2, 0) is 5.67 Å². The molecule has 0 fully saturated rings. The van der Waals surface area contributed by atoms with Gasteiger partial charge in [0.05, 0.1) is 0 Å². The molecule has 1 rings (SSSR count). The first-order valence-corrected chi connectivity index (χ1v) is 7.82. The van der Waals surface area contributed by atoms with Crippen molar-refractivity contribution in [3.63, 3.8) is 0 Å². The first-order chi connectivity index (χ1) is 12.0. The highest BCUT2D eigenvalue weighted by Gasteiger charge is 2.73. The molecule has 152 valence electrons. The minimum absolute atomic E-state index is 0.0523. The van der Waals surface area contributed by atoms with E-state index in [1.165, 1.54) is 19.9 Å². The Kier molecular flexibility index (Phi) is 6.52. The molecule has 2 nitrogen and oxygen atoms in total. The summed E-state index contributed by atoms with van der Waals surface area (Å²) in [6, 6.07) is 0.854. The second kappa shape index (κ2) is 7.61. The molecule has 0 amide bonds. The summed E-state index contributed by atoms with van der Waals surface area (Å²) < 4.78 is 91.8. The monoisotopic (exact) mass is 399 g/mol. The van der Waals surface area contributed by atoms with Crippen LogP contribution in [0, 0.1) is 13.8 Å². The van der Waals surface area contributed by atoms with Crippen LogP contribution in [0.5, 0.6) is 0 Å². The Bertz CT molecular complexity index is 708. The molecule has 1 aromatic carbocycles. The van der Waals surface area contributed by atoms with Crippen molar-refractivity contribution in [3.05, 3.63) is 46.0 Å². The van der Waals surface area contributed by atoms with Gasteiger partial charge < -0.3 is 4.90 Å². The molecule has 0 aliphatic carbocycles. The van der Waals surface area contributed by atoms with Gasteiger partial charge in [-0.25, -0.2) is 4.39 Å². The number of alkyl halides is 7. The number of allylic oxidation sites excluding steroid dienone is 1. The summed E-state index contributed by atoms with van der Waals surface area (Å²) in [5.74, 6) is -0.570. The Balaban J connectivity index is 3.51. The average Bonchev–Trinajstić information content (AvgIpc) is 2.41. The van der Waals surface area contributed by atoms with E-state index in [2.05, 4.69) is 0 Å². The molecule has 0 saturated heterocycles. The van der Waals surface area contributed by atoms with Gasteiger partial charge in [-0.15, -0.1) is 0 Å². The highest BCUT2D eigenvalue weighted by atomic mass is 19.4. The first kappa shape index (κ1) is 23.1. The number of aryl methyl sites for hydroxylation is 2. The van der Waals surface area contributed by atoms with Gasteiger partial charge in [-0.3, -0.25) is 4.79 Å². The van der Waals surface area contributed by atoms with Crippen LogP contribution in [0.3, 0.4) is 0 Å². The Morgan fingerprint density at radius 1 is 0.963 bits per heavy atom. The van der Waals surface area contributed by atoms with E-state index in [9.17, 15) is 35.5 Å². The van der Waals surface area contributed by atoms with Crippen LogP contribution in [0.15, 0.2) is 23.8 Å². The van der Waals surface area contributed by atoms with Crippen molar-refractivity contribution < 1.29 is 35.5 Å². The Labute approximate surface area is 152 Å². The minimum Gasteiger partial charge on any atom is -0.305 e. The van der Waals surface area contributed by atoms with Gasteiger partial charge in [-0.05, 0) is 52.1 Å². The molecule has 0 aliphatic heterocycles. The van der Waals surface area contributed by atoms with Gasteiger partial charge in [-0.2, -0.15) is 26.3 Å². The molecular formula is C18H20F7NO. The lowest BCUT2D eigenvalue weighted by molar-refractivity contribution is -0.348. The quantitative estimate of drug-likeness (QED) is 0.381. The predicted octanol–water partition coefficient (Wildman–Crippen LogP) is 5.28. The maximum absolute atomic E-state index is 14.2. The molecule has 1 aromatic rings. The third kappa shape index (κ3) is 4.69. The lowest BCUT2D eigenvalue weighted by Gasteiger charge is -2.31. The summed E-state index contributed by atoms with van der Waals surface area (Å²) in [6.07, 6.45) is -11.1. The molecule has 0 aliphatic rings. The topological polar surface area (TPSA) is 20.3 Å². The van der Waals surface area contributed by atoms with Crippen LogP contribution in [0.1, 0.15) is 34.0 Å². The molecule has 9 heteroatoms. The third-order valence-corrected chi connectivity index (χ3v) is 3.90. The van der Waals surface area contributed by atoms with Crippen molar-refractivity contribution in [2.45, 2.75) is 38.8 Å². The van der Waals surface area contributed by atoms with E-state index in [-0.39, 0.29) is 16.7 Å². The second-order valence-electron chi connectivity index (χ2n) is 6.73. The van der Waals surface area contributed by atoms with Gasteiger partial charge in [0.2, 0.25) is 0 Å². The van der Waals surface area contributed by atoms with Crippen LogP contribution in [-0.4, -0.2) is 43.7 Å². The summed E-state index contributed by atoms with van der Waals surface area (Å²) in [4.78, 5) is 14.2. The van der Waals surface area contributed by atoms with E-state index in [0.717, 1.165) is 0 Å². The second-order valence-corrected chi connectivity index (χ2v) is 6.73. The van der Waals surface area contributed by atoms with Crippen LogP contribution >= 0.6 is 0 Å². The van der Waals surface area contributed by atoms with E-state index >= 15 is 0 Å². The summed E-state index contributed by atoms with van der Waals surface area (Å²) in [7, 11) is 3.53. The molecule has 0 radical (unpaired) electrons. The number of carbonyl (C=O) groups excluding carboxylic acids is 1. The van der Waals surface area contributed by atoms with Crippen molar-refractivity contribution in [3.8, 4) is 0 Å². The fourth-order valence-electron chi connectivity index (χ4n) is 2.88. The fraction of sp³-hybridized carbons (Fsp3) is 0.500. The minimum atomic E-state index is -6.20. The van der Waals surface area contributed by atoms with Crippen molar-refractivity contribution in [1.82, 2.24) is 4.90 Å². The predicted molar refractivity (Wildman–Crippen MR) is 87.5 cm³/mol. The number of nitrogens with zero attached hydrogens (tertiary/aromatic N) is 1. The molecule has 0 saturated carbocycles. The van der Waals surface area contributed by atoms with Crippen molar-refractivity contribution >= 4 is 5.78 Å². The van der Waals surface area contributed by atoms with Crippen molar-refractivity contribution in [2.24, 2.45) is 0 Å². The smallest absolute Gasteiger partial charge is 0.305 e. The fourth-order valence-corrected chi connectivity index (χ4v) is 2.88. The number of halogens is 7. The van der Waals surface area contributed by atoms with Gasteiger partial charge in [0.25, 0.3) is 0 Å². The third-order valence-electron chi connectivity index (χ3n) is 3.90. The summed E-state index contributed by atoms with van der Waals surface area (Å²) >= 11 is 0. The van der Waals surface area contributed by atoms with E-state index in [4.69, 9.17) is 0 Å². The molecule has 0 aromatic heterocycles. The van der Waals surface area contributed by atoms with Gasteiger partial charge in [0, 0.05) is 17.7 Å². The Hall–Kier alpha value is -1.90. The first-order valence-electron chi connectivity index (χ1n) is 7.82. The van der Waals surface area contributed by atoms with Gasteiger partial charge in [-0.1, -0.05) is 17.7 Å². The summed E-state index contributed by atoms with van der Waals surface area (Å²) in [5, 5.41) is 0. The van der Waals surface area contributed by atoms with Crippen LogP contribution in [0.25, 0.3) is 0 Å². The zero-order valence-corrected chi connectivity index (χ0v) is 15.4. The van der Waals surface area contributed by atoms with Crippen molar-refractivity contribution in [2.75, 3.05) is 20.6 Å². The standard InChI is InChI=1S/C18H20F7NO/c1-10(9-26(4)5)6-14(27)15-11(2)7-13(8-12(15)3)16(19,17(20,21)22)18(23,24)25/h6-8H,9H2,1-5H3. The molecular weight excluding hydrogens is 379 g/mol. The highest BCUT2D eigenvalue weighted by Crippen LogP contribution is 2.53. The summed E-state index contributed by atoms with van der Waals surface area (Å²) in [5.41, 5.74) is -6.85. The molecule has 0 unspecified atom stereocenters. The van der Waals surface area contributed by atoms with E-state index in [0.29, 0.717) is 24.3 Å². The molecule has 0 N–H and O–H groups in total. The van der Waals surface area contributed by atoms with E-state index in [1.807, 2.05) is 0 Å². The molecule has 0 bridgehead atoms. The molecule has 0 heterocycles. The molecule has 0 atom stereocenters. The molecule has 0 spiro atoms. The van der Waals surface area contributed by atoms with E-state index < -0.39 is 29.4 Å². The number of hydrogen-bond acceptors (Lipinski definition) is 2. The normalized spacial score (nSPS) is 14.0. The number of rotatable bonds is 5. The average molecular weight is 399 g/mol. The zero-order valence-electron chi connectivity index (χ0n) is 15.4. The number of carbonyl (C=O) groups is 1. The van der Waals surface area contributed by atoms with Crippen molar-refractivity contribution in [1.29, 1.82) is 0 Å². The van der Waals surface area contributed by atoms with Crippen LogP contribution in [0.2, 0.25) is 0 Å². The lowest BCUT2D eigenvalue weighted by atomic mass is 9.87. The van der Waals surface area contributed by atoms with Gasteiger partial charge >= 0.3 is 18.0 Å². The molecule has 27 heavy (non-hydrogen) atoms. The highest BCUT2D eigenvalue weighted by molar-refractivity contribution is 6.07. The van der Waals surface area contributed by atoms with Crippen LogP contribution < -0.4 is 0 Å². The largest absolute Gasteiger partial charge is 0.435 e. The SMILES string of the molecule is CC(=CC(=O)c1c(C)cc(C(F)(C(F)(F)F)C(F)(F)F)cc1C)CN(C)C. The summed E-state index contributed by atoms with van der Waals surface area (Å²) in [6.45, 7) is 4.45. The Morgan fingerprint density at radius 2 is 1.37 bits per heavy atom. The maximum atomic E-state index is 14.2. The lowest BCUT2D eigenvalue weighted by Crippen LogP contribution is -2.50. The van der Waals surface area contributed by atoms with Gasteiger partial charge in [0.1, 0.15) is 0 Å². The zero-order chi connectivity index (χ0) is 21.4. The van der Waals surface area contributed by atoms with Crippen LogP contribution in [0.4, 0.5) is 30.7 Å². The van der Waals surface area contributed by atoms with E-state index in [1.54, 1.807) is 25.9 Å². The Morgan fingerprint density at radius 3 is 1.70 bits per heavy atom.